The summed E-state index contributed by atoms with van der Waals surface area (Å²) in [7, 11) is 0. The Hall–Kier alpha value is -1.43. The second kappa shape index (κ2) is 5.28. The number of halogens is 1. The average Bonchev–Trinajstić information content (AvgIpc) is 2.81. The minimum Gasteiger partial charge on any atom is -0.398 e. The molecule has 0 amide bonds. The van der Waals surface area contributed by atoms with E-state index in [2.05, 4.69) is 52.2 Å². The molecule has 0 aliphatic carbocycles. The minimum absolute atomic E-state index is 0.226. The standard InChI is InChI=1S/C13H18BrN5/c1-7(2)9(4)19-13(16-17-18-19)11-5-10(14)6-12(15)8(11)3/h5-7,9H,15H2,1-4H3. The van der Waals surface area contributed by atoms with Gasteiger partial charge in [-0.05, 0) is 47.9 Å². The summed E-state index contributed by atoms with van der Waals surface area (Å²) in [6.07, 6.45) is 0. The summed E-state index contributed by atoms with van der Waals surface area (Å²) in [6.45, 7) is 8.40. The zero-order valence-electron chi connectivity index (χ0n) is 11.6. The van der Waals surface area contributed by atoms with E-state index in [1.807, 2.05) is 23.7 Å². The lowest BCUT2D eigenvalue weighted by Crippen LogP contribution is -2.15. The Labute approximate surface area is 121 Å². The van der Waals surface area contributed by atoms with Crippen molar-refractivity contribution < 1.29 is 0 Å². The van der Waals surface area contributed by atoms with Gasteiger partial charge in [-0.25, -0.2) is 4.68 Å². The molecule has 0 radical (unpaired) electrons. The Balaban J connectivity index is 2.58. The molecule has 1 unspecified atom stereocenters. The summed E-state index contributed by atoms with van der Waals surface area (Å²) in [4.78, 5) is 0. The first-order chi connectivity index (χ1) is 8.91. The average molecular weight is 324 g/mol. The number of benzene rings is 1. The Morgan fingerprint density at radius 3 is 2.58 bits per heavy atom. The monoisotopic (exact) mass is 323 g/mol. The van der Waals surface area contributed by atoms with Gasteiger partial charge in [-0.15, -0.1) is 5.10 Å². The van der Waals surface area contributed by atoms with Gasteiger partial charge >= 0.3 is 0 Å². The van der Waals surface area contributed by atoms with E-state index < -0.39 is 0 Å². The van der Waals surface area contributed by atoms with Gasteiger partial charge in [0.2, 0.25) is 0 Å². The van der Waals surface area contributed by atoms with Crippen LogP contribution in [-0.4, -0.2) is 20.2 Å². The number of tetrazole rings is 1. The zero-order valence-corrected chi connectivity index (χ0v) is 13.1. The molecule has 102 valence electrons. The fourth-order valence-electron chi connectivity index (χ4n) is 1.86. The van der Waals surface area contributed by atoms with Crippen molar-refractivity contribution in [2.24, 2.45) is 5.92 Å². The van der Waals surface area contributed by atoms with Crippen LogP contribution in [0.3, 0.4) is 0 Å². The first-order valence-electron chi connectivity index (χ1n) is 6.25. The molecular weight excluding hydrogens is 306 g/mol. The quantitative estimate of drug-likeness (QED) is 0.880. The van der Waals surface area contributed by atoms with Crippen LogP contribution >= 0.6 is 15.9 Å². The number of hydrogen-bond acceptors (Lipinski definition) is 4. The molecule has 2 aromatic rings. The van der Waals surface area contributed by atoms with Crippen LogP contribution < -0.4 is 5.73 Å². The van der Waals surface area contributed by atoms with E-state index in [0.717, 1.165) is 27.1 Å². The van der Waals surface area contributed by atoms with Crippen molar-refractivity contribution in [2.45, 2.75) is 33.7 Å². The van der Waals surface area contributed by atoms with Crippen LogP contribution in [0.1, 0.15) is 32.4 Å². The summed E-state index contributed by atoms with van der Waals surface area (Å²) >= 11 is 3.47. The fraction of sp³-hybridized carbons (Fsp3) is 0.462. The van der Waals surface area contributed by atoms with Gasteiger partial charge in [0.1, 0.15) is 0 Å². The normalized spacial score (nSPS) is 12.9. The van der Waals surface area contributed by atoms with E-state index in [1.54, 1.807) is 0 Å². The van der Waals surface area contributed by atoms with E-state index in [4.69, 9.17) is 5.73 Å². The predicted octanol–water partition coefficient (Wildman–Crippen LogP) is 3.21. The van der Waals surface area contributed by atoms with Crippen molar-refractivity contribution in [3.63, 3.8) is 0 Å². The number of nitrogen functional groups attached to an aromatic ring is 1. The largest absolute Gasteiger partial charge is 0.398 e. The molecule has 0 saturated heterocycles. The highest BCUT2D eigenvalue weighted by Gasteiger charge is 2.19. The molecule has 1 heterocycles. The first-order valence-corrected chi connectivity index (χ1v) is 7.05. The lowest BCUT2D eigenvalue weighted by atomic mass is 10.0. The first kappa shape index (κ1) is 14.0. The van der Waals surface area contributed by atoms with E-state index in [9.17, 15) is 0 Å². The highest BCUT2D eigenvalue weighted by Crippen LogP contribution is 2.31. The molecule has 1 atom stereocenters. The number of nitrogens with two attached hydrogens (primary N) is 1. The third-order valence-corrected chi connectivity index (χ3v) is 3.95. The zero-order chi connectivity index (χ0) is 14.2. The van der Waals surface area contributed by atoms with Gasteiger partial charge in [0, 0.05) is 15.7 Å². The second-order valence-corrected chi connectivity index (χ2v) is 6.01. The lowest BCUT2D eigenvalue weighted by molar-refractivity contribution is 0.371. The highest BCUT2D eigenvalue weighted by atomic mass is 79.9. The molecule has 0 aliphatic heterocycles. The molecule has 2 rings (SSSR count). The van der Waals surface area contributed by atoms with Crippen molar-refractivity contribution in [1.29, 1.82) is 0 Å². The van der Waals surface area contributed by atoms with Gasteiger partial charge in [0.25, 0.3) is 0 Å². The van der Waals surface area contributed by atoms with Gasteiger partial charge in [0.15, 0.2) is 5.82 Å². The predicted molar refractivity (Wildman–Crippen MR) is 79.7 cm³/mol. The van der Waals surface area contributed by atoms with E-state index in [1.165, 1.54) is 0 Å². The van der Waals surface area contributed by atoms with Gasteiger partial charge in [-0.2, -0.15) is 0 Å². The van der Waals surface area contributed by atoms with Crippen LogP contribution in [0.5, 0.6) is 0 Å². The van der Waals surface area contributed by atoms with Crippen LogP contribution in [0.2, 0.25) is 0 Å². The van der Waals surface area contributed by atoms with Crippen molar-refractivity contribution in [1.82, 2.24) is 20.2 Å². The van der Waals surface area contributed by atoms with E-state index in [-0.39, 0.29) is 6.04 Å². The number of aromatic nitrogens is 4. The SMILES string of the molecule is Cc1c(N)cc(Br)cc1-c1nnnn1C(C)C(C)C. The van der Waals surface area contributed by atoms with Gasteiger partial charge in [-0.3, -0.25) is 0 Å². The third kappa shape index (κ3) is 2.63. The number of nitrogens with zero attached hydrogens (tertiary/aromatic N) is 4. The summed E-state index contributed by atoms with van der Waals surface area (Å²) < 4.78 is 2.79. The fourth-order valence-corrected chi connectivity index (χ4v) is 2.34. The van der Waals surface area contributed by atoms with Crippen molar-refractivity contribution in [3.8, 4) is 11.4 Å². The molecule has 1 aromatic heterocycles. The number of anilines is 1. The van der Waals surface area contributed by atoms with Crippen molar-refractivity contribution in [2.75, 3.05) is 5.73 Å². The van der Waals surface area contributed by atoms with Crippen LogP contribution in [0.25, 0.3) is 11.4 Å². The van der Waals surface area contributed by atoms with Crippen LogP contribution in [0.4, 0.5) is 5.69 Å². The molecule has 0 aliphatic rings. The third-order valence-electron chi connectivity index (χ3n) is 3.50. The van der Waals surface area contributed by atoms with E-state index >= 15 is 0 Å². The van der Waals surface area contributed by atoms with Crippen LogP contribution in [0, 0.1) is 12.8 Å². The highest BCUT2D eigenvalue weighted by molar-refractivity contribution is 9.10. The maximum atomic E-state index is 6.01. The molecule has 2 N–H and O–H groups in total. The van der Waals surface area contributed by atoms with Gasteiger partial charge < -0.3 is 5.73 Å². The topological polar surface area (TPSA) is 69.6 Å². The minimum atomic E-state index is 0.226. The summed E-state index contributed by atoms with van der Waals surface area (Å²) in [5.41, 5.74) is 8.70. The number of hydrogen-bond donors (Lipinski definition) is 1. The van der Waals surface area contributed by atoms with Crippen molar-refractivity contribution >= 4 is 21.6 Å². The Morgan fingerprint density at radius 1 is 1.26 bits per heavy atom. The lowest BCUT2D eigenvalue weighted by Gasteiger charge is -2.18. The maximum Gasteiger partial charge on any atom is 0.182 e. The molecule has 0 saturated carbocycles. The summed E-state index contributed by atoms with van der Waals surface area (Å²) in [6, 6.07) is 4.12. The summed E-state index contributed by atoms with van der Waals surface area (Å²) in [5.74, 6) is 1.21. The molecular formula is C13H18BrN5. The second-order valence-electron chi connectivity index (χ2n) is 5.10. The molecule has 19 heavy (non-hydrogen) atoms. The number of rotatable bonds is 3. The molecule has 0 bridgehead atoms. The maximum absolute atomic E-state index is 6.01. The molecule has 6 heteroatoms. The van der Waals surface area contributed by atoms with E-state index in [0.29, 0.717) is 5.92 Å². The molecule has 0 fully saturated rings. The molecule has 0 spiro atoms. The molecule has 5 nitrogen and oxygen atoms in total. The van der Waals surface area contributed by atoms with Gasteiger partial charge in [-0.1, -0.05) is 29.8 Å². The smallest absolute Gasteiger partial charge is 0.182 e. The Kier molecular flexibility index (Phi) is 3.89. The Morgan fingerprint density at radius 2 is 1.95 bits per heavy atom. The Bertz CT molecular complexity index is 591. The van der Waals surface area contributed by atoms with Crippen molar-refractivity contribution in [3.05, 3.63) is 22.2 Å². The van der Waals surface area contributed by atoms with Gasteiger partial charge in [0.05, 0.1) is 6.04 Å². The van der Waals surface area contributed by atoms with Crippen LogP contribution in [0.15, 0.2) is 16.6 Å². The molecule has 1 aromatic carbocycles. The summed E-state index contributed by atoms with van der Waals surface area (Å²) in [5, 5.41) is 12.1. The van der Waals surface area contributed by atoms with Crippen LogP contribution in [-0.2, 0) is 0 Å².